The predicted octanol–water partition coefficient (Wildman–Crippen LogP) is 3.31. The number of halogens is 2. The quantitative estimate of drug-likeness (QED) is 0.765. The third-order valence-corrected chi connectivity index (χ3v) is 5.22. The van der Waals surface area contributed by atoms with Crippen molar-refractivity contribution in [3.63, 3.8) is 0 Å². The molecule has 26 heavy (non-hydrogen) atoms. The number of aromatic nitrogens is 1. The first-order chi connectivity index (χ1) is 11.8. The molecule has 1 aromatic rings. The van der Waals surface area contributed by atoms with Crippen molar-refractivity contribution in [2.45, 2.75) is 51.5 Å². The molecule has 3 heterocycles. The molecular formula is C19H32Cl2N4O. The van der Waals surface area contributed by atoms with E-state index in [9.17, 15) is 4.79 Å². The molecule has 3 rings (SSSR count). The Bertz CT molecular complexity index is 532. The highest BCUT2D eigenvalue weighted by molar-refractivity contribution is 5.85. The van der Waals surface area contributed by atoms with E-state index in [4.69, 9.17) is 0 Å². The molecule has 0 unspecified atom stereocenters. The smallest absolute Gasteiger partial charge is 0.220 e. The van der Waals surface area contributed by atoms with Gasteiger partial charge in [-0.25, -0.2) is 4.98 Å². The van der Waals surface area contributed by atoms with E-state index in [0.29, 0.717) is 18.9 Å². The molecule has 5 nitrogen and oxygen atoms in total. The first-order valence-electron chi connectivity index (χ1n) is 9.48. The second-order valence-corrected chi connectivity index (χ2v) is 7.08. The van der Waals surface area contributed by atoms with Gasteiger partial charge >= 0.3 is 0 Å². The topological polar surface area (TPSA) is 57.3 Å². The van der Waals surface area contributed by atoms with E-state index >= 15 is 0 Å². The fourth-order valence-corrected chi connectivity index (χ4v) is 3.66. The molecule has 2 saturated heterocycles. The first-order valence-corrected chi connectivity index (χ1v) is 9.48. The molecule has 0 atom stereocenters. The minimum absolute atomic E-state index is 0. The minimum atomic E-state index is 0. The zero-order chi connectivity index (χ0) is 16.6. The van der Waals surface area contributed by atoms with Crippen LogP contribution < -0.4 is 15.5 Å². The summed E-state index contributed by atoms with van der Waals surface area (Å²) >= 11 is 0. The van der Waals surface area contributed by atoms with Crippen LogP contribution in [-0.2, 0) is 11.3 Å². The fraction of sp³-hybridized carbons (Fsp3) is 0.684. The van der Waals surface area contributed by atoms with Crippen LogP contribution >= 0.6 is 24.8 Å². The van der Waals surface area contributed by atoms with E-state index in [2.05, 4.69) is 26.6 Å². The molecule has 0 aliphatic carbocycles. The Balaban J connectivity index is 0.00000169. The van der Waals surface area contributed by atoms with Crippen molar-refractivity contribution in [3.05, 3.63) is 23.9 Å². The summed E-state index contributed by atoms with van der Waals surface area (Å²) in [6.07, 6.45) is 9.76. The van der Waals surface area contributed by atoms with Crippen molar-refractivity contribution in [1.82, 2.24) is 15.6 Å². The molecule has 0 radical (unpaired) electrons. The van der Waals surface area contributed by atoms with Crippen LogP contribution in [0.2, 0.25) is 0 Å². The third-order valence-electron chi connectivity index (χ3n) is 5.22. The van der Waals surface area contributed by atoms with Crippen LogP contribution in [0.1, 0.15) is 50.5 Å². The van der Waals surface area contributed by atoms with Crippen LogP contribution in [0.4, 0.5) is 5.82 Å². The van der Waals surface area contributed by atoms with Crippen LogP contribution in [0.25, 0.3) is 0 Å². The Hall–Kier alpha value is -1.04. The Labute approximate surface area is 169 Å². The van der Waals surface area contributed by atoms with Gasteiger partial charge in [0.15, 0.2) is 0 Å². The van der Waals surface area contributed by atoms with Gasteiger partial charge in [0.25, 0.3) is 0 Å². The molecule has 0 bridgehead atoms. The summed E-state index contributed by atoms with van der Waals surface area (Å²) in [5.74, 6) is 1.93. The Morgan fingerprint density at radius 1 is 1.19 bits per heavy atom. The summed E-state index contributed by atoms with van der Waals surface area (Å²) < 4.78 is 0. The average molecular weight is 403 g/mol. The van der Waals surface area contributed by atoms with Gasteiger partial charge in [0, 0.05) is 32.3 Å². The summed E-state index contributed by atoms with van der Waals surface area (Å²) in [4.78, 5) is 18.9. The molecule has 0 spiro atoms. The zero-order valence-electron chi connectivity index (χ0n) is 15.4. The summed E-state index contributed by atoms with van der Waals surface area (Å²) in [6, 6.07) is 4.12. The van der Waals surface area contributed by atoms with Crippen LogP contribution in [0.15, 0.2) is 18.3 Å². The second kappa shape index (κ2) is 12.4. The van der Waals surface area contributed by atoms with E-state index in [1.54, 1.807) is 0 Å². The number of nitrogens with one attached hydrogen (secondary N) is 2. The number of hydrogen-bond donors (Lipinski definition) is 2. The Morgan fingerprint density at radius 3 is 2.65 bits per heavy atom. The predicted molar refractivity (Wildman–Crippen MR) is 111 cm³/mol. The van der Waals surface area contributed by atoms with Gasteiger partial charge < -0.3 is 15.5 Å². The molecule has 2 fully saturated rings. The van der Waals surface area contributed by atoms with E-state index in [1.165, 1.54) is 32.1 Å². The molecule has 1 aromatic heterocycles. The van der Waals surface area contributed by atoms with Gasteiger partial charge in [-0.2, -0.15) is 0 Å². The van der Waals surface area contributed by atoms with Gasteiger partial charge in [0.1, 0.15) is 5.82 Å². The van der Waals surface area contributed by atoms with Crippen LogP contribution in [0.5, 0.6) is 0 Å². The summed E-state index contributed by atoms with van der Waals surface area (Å²) in [7, 11) is 0. The third kappa shape index (κ3) is 7.29. The Kier molecular flexibility index (Phi) is 10.9. The maximum absolute atomic E-state index is 12.1. The number of carbonyl (C=O) groups is 1. The van der Waals surface area contributed by atoms with Crippen molar-refractivity contribution in [3.8, 4) is 0 Å². The Morgan fingerprint density at radius 2 is 1.92 bits per heavy atom. The summed E-state index contributed by atoms with van der Waals surface area (Å²) in [5.41, 5.74) is 1.14. The number of amides is 1. The van der Waals surface area contributed by atoms with Crippen molar-refractivity contribution in [1.29, 1.82) is 0 Å². The van der Waals surface area contributed by atoms with E-state index < -0.39 is 0 Å². The van der Waals surface area contributed by atoms with Gasteiger partial charge in [-0.05, 0) is 75.2 Å². The van der Waals surface area contributed by atoms with Crippen LogP contribution in [-0.4, -0.2) is 37.1 Å². The van der Waals surface area contributed by atoms with E-state index in [-0.39, 0.29) is 30.7 Å². The molecule has 0 aromatic carbocycles. The van der Waals surface area contributed by atoms with Gasteiger partial charge in [-0.1, -0.05) is 0 Å². The molecule has 148 valence electrons. The number of piperidine rings is 2. The SMILES string of the molecule is Cl.Cl.O=C(CCC1CCNCC1)NCc1ccnc(N2CCCCC2)c1. The van der Waals surface area contributed by atoms with E-state index in [1.807, 2.05) is 12.3 Å². The molecule has 2 aliphatic heterocycles. The van der Waals surface area contributed by atoms with Gasteiger partial charge in [0.05, 0.1) is 0 Å². The van der Waals surface area contributed by atoms with E-state index in [0.717, 1.165) is 44.0 Å². The summed E-state index contributed by atoms with van der Waals surface area (Å²) in [5, 5.41) is 6.44. The second-order valence-electron chi connectivity index (χ2n) is 7.08. The van der Waals surface area contributed by atoms with Gasteiger partial charge in [0.2, 0.25) is 5.91 Å². The monoisotopic (exact) mass is 402 g/mol. The highest BCUT2D eigenvalue weighted by Gasteiger charge is 2.15. The molecule has 0 saturated carbocycles. The lowest BCUT2D eigenvalue weighted by Crippen LogP contribution is -2.30. The lowest BCUT2D eigenvalue weighted by atomic mass is 9.93. The molecule has 1 amide bonds. The van der Waals surface area contributed by atoms with Gasteiger partial charge in [-0.3, -0.25) is 4.79 Å². The fourth-order valence-electron chi connectivity index (χ4n) is 3.66. The standard InChI is InChI=1S/C19H30N4O.2ClH/c24-19(5-4-16-6-9-20-10-7-16)22-15-17-8-11-21-18(14-17)23-12-2-1-3-13-23;;/h8,11,14,16,20H,1-7,9-10,12-13,15H2,(H,22,24);2*1H. The lowest BCUT2D eigenvalue weighted by Gasteiger charge is -2.27. The van der Waals surface area contributed by atoms with Gasteiger partial charge in [-0.15, -0.1) is 24.8 Å². The summed E-state index contributed by atoms with van der Waals surface area (Å²) in [6.45, 7) is 5.00. The average Bonchev–Trinajstić information content (AvgIpc) is 2.66. The maximum atomic E-state index is 12.1. The van der Waals surface area contributed by atoms with Crippen molar-refractivity contribution < 1.29 is 4.79 Å². The van der Waals surface area contributed by atoms with Crippen molar-refractivity contribution in [2.75, 3.05) is 31.1 Å². The minimum Gasteiger partial charge on any atom is -0.357 e. The normalized spacial score (nSPS) is 17.8. The zero-order valence-corrected chi connectivity index (χ0v) is 17.0. The highest BCUT2D eigenvalue weighted by Crippen LogP contribution is 2.19. The number of nitrogens with zero attached hydrogens (tertiary/aromatic N) is 2. The largest absolute Gasteiger partial charge is 0.357 e. The maximum Gasteiger partial charge on any atom is 0.220 e. The van der Waals surface area contributed by atoms with Crippen LogP contribution in [0, 0.1) is 5.92 Å². The molecule has 7 heteroatoms. The molecule has 2 aliphatic rings. The van der Waals surface area contributed by atoms with Crippen molar-refractivity contribution >= 4 is 36.5 Å². The van der Waals surface area contributed by atoms with Crippen molar-refractivity contribution in [2.24, 2.45) is 5.92 Å². The number of carbonyl (C=O) groups excluding carboxylic acids is 1. The molecule has 2 N–H and O–H groups in total. The number of rotatable bonds is 6. The number of pyridine rings is 1. The molecular weight excluding hydrogens is 371 g/mol. The highest BCUT2D eigenvalue weighted by atomic mass is 35.5. The number of anilines is 1. The number of hydrogen-bond acceptors (Lipinski definition) is 4. The lowest BCUT2D eigenvalue weighted by molar-refractivity contribution is -0.121. The van der Waals surface area contributed by atoms with Crippen LogP contribution in [0.3, 0.4) is 0 Å². The first kappa shape index (κ1) is 23.0.